The van der Waals surface area contributed by atoms with Gasteiger partial charge in [-0.15, -0.1) is 11.3 Å². The molecule has 3 aromatic carbocycles. The summed E-state index contributed by atoms with van der Waals surface area (Å²) in [5, 5.41) is 6.25. The van der Waals surface area contributed by atoms with E-state index in [-0.39, 0.29) is 17.1 Å². The van der Waals surface area contributed by atoms with Crippen LogP contribution >= 0.6 is 28.8 Å². The molecule has 0 saturated heterocycles. The molecule has 10 radical (unpaired) electrons. The summed E-state index contributed by atoms with van der Waals surface area (Å²) in [6.07, 6.45) is 20.7. The fourth-order valence-electron chi connectivity index (χ4n) is 3.58. The van der Waals surface area contributed by atoms with Crippen molar-refractivity contribution in [2.24, 2.45) is 4.99 Å². The van der Waals surface area contributed by atoms with Crippen LogP contribution < -0.4 is 15.9 Å². The van der Waals surface area contributed by atoms with E-state index in [1.807, 2.05) is 50.8 Å². The molecule has 0 atom stereocenters. The first-order chi connectivity index (χ1) is 19.4. The van der Waals surface area contributed by atoms with Gasteiger partial charge in [-0.25, -0.2) is 12.8 Å². The summed E-state index contributed by atoms with van der Waals surface area (Å²) in [5.74, 6) is 1.27. The second kappa shape index (κ2) is 22.5. The zero-order valence-electron chi connectivity index (χ0n) is 21.6. The standard InChI is InChI=1S/C18H15P.C11H10NS.C5H4.ClH.Fe.Pd/c1-4-10-16(11-5-1)19(17-12-6-2-7-13-17)18-14-8-3-9-15-18;1-2-5-10(4-1)8-12-9-11-6-3-7-13-11;1-2-4-5-3-1;;;/h1-15H;1-7,9H,8H2;1-4H;1H;;/q;;-1;;2*+2/p-1. The summed E-state index contributed by atoms with van der Waals surface area (Å²) in [5.41, 5.74) is 0. The van der Waals surface area contributed by atoms with Crippen LogP contribution in [0.2, 0.25) is 0 Å². The SMILES string of the molecule is [C-]1[CH][CH][CH][CH]1.[CH]1[CH][CH][C](CN=Cc2cccs2)[CH]1.[Cl][Pd+].[Fe+2].c1ccc(P(c2ccccc2)c2ccccc2)cc1. The molecule has 204 valence electrons. The Balaban J connectivity index is 0.000000231. The van der Waals surface area contributed by atoms with Crippen LogP contribution in [0.1, 0.15) is 4.88 Å². The van der Waals surface area contributed by atoms with Crippen LogP contribution in [0.5, 0.6) is 0 Å². The smallest absolute Gasteiger partial charge is 0.0622 e. The van der Waals surface area contributed by atoms with E-state index in [0.29, 0.717) is 0 Å². The Labute approximate surface area is 272 Å². The molecule has 2 saturated carbocycles. The Kier molecular flexibility index (Phi) is 19.8. The molecule has 0 N–H and O–H groups in total. The molecule has 0 bridgehead atoms. The molecular weight excluding hydrogens is 683 g/mol. The van der Waals surface area contributed by atoms with Crippen molar-refractivity contribution in [1.82, 2.24) is 0 Å². The van der Waals surface area contributed by atoms with Crippen LogP contribution in [-0.2, 0) is 35.2 Å². The van der Waals surface area contributed by atoms with Gasteiger partial charge in [0.1, 0.15) is 0 Å². The van der Waals surface area contributed by atoms with E-state index in [9.17, 15) is 0 Å². The minimum Gasteiger partial charge on any atom is -0.0622 e. The predicted molar refractivity (Wildman–Crippen MR) is 169 cm³/mol. The summed E-state index contributed by atoms with van der Waals surface area (Å²) in [4.78, 5) is 5.56. The molecule has 1 nitrogen and oxygen atoms in total. The first kappa shape index (κ1) is 35.1. The van der Waals surface area contributed by atoms with E-state index in [4.69, 9.17) is 0 Å². The summed E-state index contributed by atoms with van der Waals surface area (Å²) >= 11 is 3.93. The number of halogens is 1. The van der Waals surface area contributed by atoms with Crippen molar-refractivity contribution in [3.8, 4) is 0 Å². The van der Waals surface area contributed by atoms with E-state index < -0.39 is 7.92 Å². The summed E-state index contributed by atoms with van der Waals surface area (Å²) in [6, 6.07) is 36.4. The number of thiophene rings is 1. The average molecular weight is 712 g/mol. The van der Waals surface area contributed by atoms with Gasteiger partial charge in [-0.3, -0.25) is 4.99 Å². The van der Waals surface area contributed by atoms with Crippen molar-refractivity contribution in [2.45, 2.75) is 0 Å². The molecule has 0 unspecified atom stereocenters. The van der Waals surface area contributed by atoms with Crippen molar-refractivity contribution >= 4 is 50.9 Å². The maximum absolute atomic E-state index is 4.49. The van der Waals surface area contributed by atoms with Crippen molar-refractivity contribution < 1.29 is 35.2 Å². The fraction of sp³-hybridized carbons (Fsp3) is 0.0294. The van der Waals surface area contributed by atoms with Crippen LogP contribution in [0.4, 0.5) is 0 Å². The summed E-state index contributed by atoms with van der Waals surface area (Å²) in [7, 11) is 4.04. The Morgan fingerprint density at radius 3 is 1.52 bits per heavy atom. The molecule has 6 heteroatoms. The van der Waals surface area contributed by atoms with Gasteiger partial charge in [0.2, 0.25) is 0 Å². The number of rotatable bonds is 6. The normalized spacial score (nSPS) is 14.3. The molecule has 40 heavy (non-hydrogen) atoms. The summed E-state index contributed by atoms with van der Waals surface area (Å²) < 4.78 is 0. The van der Waals surface area contributed by atoms with E-state index in [1.54, 1.807) is 11.3 Å². The molecule has 4 aromatic rings. The largest absolute Gasteiger partial charge is 2.00 e. The van der Waals surface area contributed by atoms with Gasteiger partial charge < -0.3 is 6.42 Å². The van der Waals surface area contributed by atoms with E-state index in [2.05, 4.69) is 154 Å². The van der Waals surface area contributed by atoms with Gasteiger partial charge in [0, 0.05) is 23.6 Å². The molecule has 0 spiro atoms. The van der Waals surface area contributed by atoms with Gasteiger partial charge in [0.25, 0.3) is 0 Å². The monoisotopic (exact) mass is 711 g/mol. The van der Waals surface area contributed by atoms with Gasteiger partial charge in [0.05, 0.1) is 0 Å². The third kappa shape index (κ3) is 13.3. The maximum Gasteiger partial charge on any atom is 2.00 e. The van der Waals surface area contributed by atoms with E-state index in [0.717, 1.165) is 6.54 Å². The van der Waals surface area contributed by atoms with Crippen LogP contribution in [0.3, 0.4) is 0 Å². The fourth-order valence-corrected chi connectivity index (χ4v) is 6.49. The van der Waals surface area contributed by atoms with Crippen LogP contribution in [0.25, 0.3) is 0 Å². The number of aliphatic imine (C=N–C) groups is 1. The average Bonchev–Trinajstić information content (AvgIpc) is 3.83. The number of benzene rings is 3. The molecule has 2 aliphatic rings. The van der Waals surface area contributed by atoms with Crippen molar-refractivity contribution in [1.29, 1.82) is 0 Å². The molecule has 2 aliphatic carbocycles. The van der Waals surface area contributed by atoms with Crippen LogP contribution in [-0.4, -0.2) is 12.8 Å². The minimum atomic E-state index is -0.446. The second-order valence-corrected chi connectivity index (χ2v) is 11.2. The van der Waals surface area contributed by atoms with Crippen molar-refractivity contribution in [3.63, 3.8) is 0 Å². The quantitative estimate of drug-likeness (QED) is 0.0846. The molecule has 2 fully saturated rings. The maximum atomic E-state index is 4.49. The topological polar surface area (TPSA) is 12.4 Å². The van der Waals surface area contributed by atoms with Gasteiger partial charge in [-0.2, -0.15) is 0 Å². The van der Waals surface area contributed by atoms with Gasteiger partial charge in [0.15, 0.2) is 0 Å². The Morgan fingerprint density at radius 1 is 0.675 bits per heavy atom. The molecular formula is C34H29ClFeNPPdS+2. The van der Waals surface area contributed by atoms with E-state index >= 15 is 0 Å². The first-order valence-corrected chi connectivity index (χ1v) is 16.5. The predicted octanol–water partition coefficient (Wildman–Crippen LogP) is 7.60. The molecule has 1 heterocycles. The second-order valence-electron chi connectivity index (χ2n) is 8.01. The molecule has 6 rings (SSSR count). The Morgan fingerprint density at radius 2 is 1.15 bits per heavy atom. The zero-order valence-corrected chi connectivity index (χ0v) is 26.8. The van der Waals surface area contributed by atoms with Crippen LogP contribution in [0.15, 0.2) is 114 Å². The summed E-state index contributed by atoms with van der Waals surface area (Å²) in [6.45, 7) is 0.783. The van der Waals surface area contributed by atoms with E-state index in [1.165, 1.54) is 26.7 Å². The van der Waals surface area contributed by atoms with Gasteiger partial charge in [-0.1, -0.05) is 110 Å². The first-order valence-electron chi connectivity index (χ1n) is 12.3. The third-order valence-corrected chi connectivity index (χ3v) is 8.56. The number of hydrogen-bond donors (Lipinski definition) is 0. The zero-order chi connectivity index (χ0) is 27.4. The number of nitrogens with zero attached hydrogens (tertiary/aromatic N) is 1. The van der Waals surface area contributed by atoms with Crippen molar-refractivity contribution in [2.75, 3.05) is 6.54 Å². The van der Waals surface area contributed by atoms with Gasteiger partial charge in [-0.05, 0) is 61.0 Å². The number of hydrogen-bond acceptors (Lipinski definition) is 2. The van der Waals surface area contributed by atoms with Gasteiger partial charge >= 0.3 is 44.8 Å². The molecule has 0 aliphatic heterocycles. The Hall–Kier alpha value is -1.07. The van der Waals surface area contributed by atoms with Crippen molar-refractivity contribution in [3.05, 3.63) is 177 Å². The molecule has 1 aromatic heterocycles. The van der Waals surface area contributed by atoms with Crippen LogP contribution in [0, 0.1) is 63.7 Å². The molecule has 0 amide bonds. The Bertz CT molecular complexity index is 1040. The minimum absolute atomic E-state index is 0. The third-order valence-electron chi connectivity index (χ3n) is 5.31.